The predicted molar refractivity (Wildman–Crippen MR) is 87.6 cm³/mol. The van der Waals surface area contributed by atoms with E-state index in [2.05, 4.69) is 51.5 Å². The normalized spacial score (nSPS) is 17.6. The number of para-hydroxylation sites is 1. The second-order valence-electron chi connectivity index (χ2n) is 6.51. The highest BCUT2D eigenvalue weighted by Gasteiger charge is 2.27. The highest BCUT2D eigenvalue weighted by molar-refractivity contribution is 5.44. The van der Waals surface area contributed by atoms with Gasteiger partial charge in [-0.25, -0.2) is 4.68 Å². The quantitative estimate of drug-likeness (QED) is 0.907. The molecule has 118 valence electrons. The Labute approximate surface area is 132 Å². The van der Waals surface area contributed by atoms with Crippen LogP contribution in [0, 0.1) is 5.92 Å². The van der Waals surface area contributed by atoms with Crippen LogP contribution in [-0.4, -0.2) is 20.2 Å². The van der Waals surface area contributed by atoms with Crippen LogP contribution in [0.1, 0.15) is 63.9 Å². The summed E-state index contributed by atoms with van der Waals surface area (Å²) in [7, 11) is 0. The minimum absolute atomic E-state index is 0.124. The number of anilines is 1. The lowest BCUT2D eigenvalue weighted by atomic mass is 9.95. The predicted octanol–water partition coefficient (Wildman–Crippen LogP) is 3.99. The molecule has 0 amide bonds. The van der Waals surface area contributed by atoms with Crippen molar-refractivity contribution in [1.82, 2.24) is 20.2 Å². The van der Waals surface area contributed by atoms with Crippen LogP contribution in [0.4, 0.5) is 5.69 Å². The fourth-order valence-corrected chi connectivity index (χ4v) is 3.23. The number of hydrogen-bond donors (Lipinski definition) is 1. The molecule has 2 aromatic rings. The molecule has 22 heavy (non-hydrogen) atoms. The van der Waals surface area contributed by atoms with Crippen molar-refractivity contribution in [2.75, 3.05) is 5.32 Å². The third-order valence-electron chi connectivity index (χ3n) is 4.48. The van der Waals surface area contributed by atoms with E-state index in [-0.39, 0.29) is 6.04 Å². The Morgan fingerprint density at radius 2 is 1.82 bits per heavy atom. The van der Waals surface area contributed by atoms with E-state index in [1.165, 1.54) is 32.1 Å². The second kappa shape index (κ2) is 6.90. The van der Waals surface area contributed by atoms with Crippen molar-refractivity contribution in [1.29, 1.82) is 0 Å². The third kappa shape index (κ3) is 3.29. The van der Waals surface area contributed by atoms with E-state index >= 15 is 0 Å². The van der Waals surface area contributed by atoms with Crippen molar-refractivity contribution >= 4 is 5.69 Å². The summed E-state index contributed by atoms with van der Waals surface area (Å²) in [6, 6.07) is 10.9. The van der Waals surface area contributed by atoms with E-state index in [4.69, 9.17) is 0 Å². The van der Waals surface area contributed by atoms with E-state index < -0.39 is 0 Å². The van der Waals surface area contributed by atoms with Gasteiger partial charge in [0.15, 0.2) is 5.82 Å². The molecule has 3 rings (SSSR count). The van der Waals surface area contributed by atoms with Gasteiger partial charge in [0.05, 0.1) is 12.1 Å². The highest BCUT2D eigenvalue weighted by atomic mass is 15.6. The lowest BCUT2D eigenvalue weighted by molar-refractivity contribution is 0.308. The van der Waals surface area contributed by atoms with Crippen LogP contribution in [0.2, 0.25) is 0 Å². The van der Waals surface area contributed by atoms with Gasteiger partial charge in [0.2, 0.25) is 0 Å². The molecule has 1 aliphatic rings. The minimum atomic E-state index is 0.124. The summed E-state index contributed by atoms with van der Waals surface area (Å²) in [6.45, 7) is 4.42. The number of aromatic nitrogens is 4. The maximum atomic E-state index is 4.35. The Kier molecular flexibility index (Phi) is 4.71. The average Bonchev–Trinajstić information content (AvgIpc) is 3.03. The fraction of sp³-hybridized carbons (Fsp3) is 0.588. The Morgan fingerprint density at radius 1 is 1.09 bits per heavy atom. The van der Waals surface area contributed by atoms with Gasteiger partial charge in [0.1, 0.15) is 0 Å². The first-order chi connectivity index (χ1) is 10.8. The summed E-state index contributed by atoms with van der Waals surface area (Å²) in [5.41, 5.74) is 1.11. The van der Waals surface area contributed by atoms with Crippen LogP contribution < -0.4 is 5.32 Å². The van der Waals surface area contributed by atoms with Crippen LogP contribution in [0.15, 0.2) is 30.3 Å². The van der Waals surface area contributed by atoms with Crippen molar-refractivity contribution in [2.45, 2.75) is 58.0 Å². The zero-order valence-electron chi connectivity index (χ0n) is 13.4. The molecule has 1 saturated carbocycles. The highest BCUT2D eigenvalue weighted by Crippen LogP contribution is 2.31. The van der Waals surface area contributed by atoms with E-state index in [0.29, 0.717) is 12.0 Å². The van der Waals surface area contributed by atoms with E-state index in [9.17, 15) is 0 Å². The second-order valence-corrected chi connectivity index (χ2v) is 6.51. The molecule has 5 nitrogen and oxygen atoms in total. The SMILES string of the molecule is CC(C)[C@H](Nc1ccccc1)c1nnnn1C1CCCCC1. The maximum absolute atomic E-state index is 4.35. The molecular formula is C17H25N5. The molecular weight excluding hydrogens is 274 g/mol. The minimum Gasteiger partial charge on any atom is -0.375 e. The summed E-state index contributed by atoms with van der Waals surface area (Å²) in [6.07, 6.45) is 6.27. The van der Waals surface area contributed by atoms with Gasteiger partial charge in [0.25, 0.3) is 0 Å². The molecule has 0 radical (unpaired) electrons. The van der Waals surface area contributed by atoms with Crippen LogP contribution in [0.3, 0.4) is 0 Å². The molecule has 0 unspecified atom stereocenters. The summed E-state index contributed by atoms with van der Waals surface area (Å²) in [5, 5.41) is 16.2. The number of hydrogen-bond acceptors (Lipinski definition) is 4. The summed E-state index contributed by atoms with van der Waals surface area (Å²) in [5.74, 6) is 1.37. The van der Waals surface area contributed by atoms with Crippen LogP contribution in [0.25, 0.3) is 0 Å². The van der Waals surface area contributed by atoms with Gasteiger partial charge in [-0.05, 0) is 41.3 Å². The van der Waals surface area contributed by atoms with Gasteiger partial charge in [-0.2, -0.15) is 0 Å². The maximum Gasteiger partial charge on any atom is 0.174 e. The molecule has 1 fully saturated rings. The van der Waals surface area contributed by atoms with E-state index in [0.717, 1.165) is 11.5 Å². The molecule has 0 saturated heterocycles. The Hall–Kier alpha value is -1.91. The van der Waals surface area contributed by atoms with Gasteiger partial charge in [0, 0.05) is 5.69 Å². The summed E-state index contributed by atoms with van der Waals surface area (Å²) >= 11 is 0. The van der Waals surface area contributed by atoms with Crippen molar-refractivity contribution in [3.63, 3.8) is 0 Å². The number of nitrogens with one attached hydrogen (secondary N) is 1. The standard InChI is InChI=1S/C17H25N5/c1-13(2)16(18-14-9-5-3-6-10-14)17-19-20-21-22(17)15-11-7-4-8-12-15/h3,5-6,9-10,13,15-16,18H,4,7-8,11-12H2,1-2H3/t16-/m0/s1. The van der Waals surface area contributed by atoms with Crippen LogP contribution in [-0.2, 0) is 0 Å². The van der Waals surface area contributed by atoms with E-state index in [1.807, 2.05) is 18.2 Å². The first-order valence-corrected chi connectivity index (χ1v) is 8.35. The Bertz CT molecular complexity index is 572. The molecule has 1 aliphatic carbocycles. The number of benzene rings is 1. The smallest absolute Gasteiger partial charge is 0.174 e. The van der Waals surface area contributed by atoms with E-state index in [1.54, 1.807) is 0 Å². The van der Waals surface area contributed by atoms with Crippen molar-refractivity contribution in [2.24, 2.45) is 5.92 Å². The first-order valence-electron chi connectivity index (χ1n) is 8.35. The molecule has 0 aliphatic heterocycles. The van der Waals surface area contributed by atoms with Gasteiger partial charge >= 0.3 is 0 Å². The summed E-state index contributed by atoms with van der Waals surface area (Å²) < 4.78 is 2.07. The topological polar surface area (TPSA) is 55.6 Å². The Balaban J connectivity index is 1.84. The molecule has 1 aromatic carbocycles. The molecule has 5 heteroatoms. The number of nitrogens with zero attached hydrogens (tertiary/aromatic N) is 4. The third-order valence-corrected chi connectivity index (χ3v) is 4.48. The number of rotatable bonds is 5. The van der Waals surface area contributed by atoms with Crippen LogP contribution >= 0.6 is 0 Å². The van der Waals surface area contributed by atoms with Gasteiger partial charge in [-0.1, -0.05) is 51.3 Å². The van der Waals surface area contributed by atoms with Gasteiger partial charge in [-0.3, -0.25) is 0 Å². The molecule has 1 heterocycles. The van der Waals surface area contributed by atoms with Gasteiger partial charge in [-0.15, -0.1) is 5.10 Å². The van der Waals surface area contributed by atoms with Crippen LogP contribution in [0.5, 0.6) is 0 Å². The molecule has 0 bridgehead atoms. The molecule has 1 N–H and O–H groups in total. The zero-order chi connectivity index (χ0) is 15.4. The number of tetrazole rings is 1. The fourth-order valence-electron chi connectivity index (χ4n) is 3.23. The zero-order valence-corrected chi connectivity index (χ0v) is 13.4. The monoisotopic (exact) mass is 299 g/mol. The molecule has 1 aromatic heterocycles. The van der Waals surface area contributed by atoms with Crippen molar-refractivity contribution in [3.05, 3.63) is 36.2 Å². The van der Waals surface area contributed by atoms with Crippen molar-refractivity contribution in [3.8, 4) is 0 Å². The summed E-state index contributed by atoms with van der Waals surface area (Å²) in [4.78, 5) is 0. The van der Waals surface area contributed by atoms with Crippen molar-refractivity contribution < 1.29 is 0 Å². The average molecular weight is 299 g/mol. The van der Waals surface area contributed by atoms with Gasteiger partial charge < -0.3 is 5.32 Å². The Morgan fingerprint density at radius 3 is 2.50 bits per heavy atom. The largest absolute Gasteiger partial charge is 0.375 e. The molecule has 0 spiro atoms. The lowest BCUT2D eigenvalue weighted by Gasteiger charge is -2.27. The lowest BCUT2D eigenvalue weighted by Crippen LogP contribution is -2.25. The molecule has 1 atom stereocenters. The first kappa shape index (κ1) is 15.0.